The lowest BCUT2D eigenvalue weighted by molar-refractivity contribution is -0.138. The number of halogens is 2. The molecule has 10 nitrogen and oxygen atoms in total. The third-order valence-electron chi connectivity index (χ3n) is 11.3. The van der Waals surface area contributed by atoms with Crippen molar-refractivity contribution in [3.63, 3.8) is 0 Å². The van der Waals surface area contributed by atoms with Crippen LogP contribution in [0.3, 0.4) is 0 Å². The first kappa shape index (κ1) is 34.6. The van der Waals surface area contributed by atoms with E-state index in [-0.39, 0.29) is 35.3 Å². The second kappa shape index (κ2) is 12.9. The van der Waals surface area contributed by atoms with Gasteiger partial charge in [-0.05, 0) is 104 Å². The lowest BCUT2D eigenvalue weighted by Gasteiger charge is -2.50. The molecule has 2 saturated heterocycles. The van der Waals surface area contributed by atoms with E-state index in [4.69, 9.17) is 27.9 Å². The number of phenols is 1. The van der Waals surface area contributed by atoms with E-state index in [9.17, 15) is 24.3 Å². The number of nitrogens with one attached hydrogen (secondary N) is 1. The standard InChI is InChI=1S/C41H33Cl2N3O7/c1-21(47)22-3-10-26(11-4-22)45-37(49)30-17-16-29-31(35(30)39(45)51)20-32-38(50)46(44-34-18-9-25(42)19-33(34)43)40(52)41(32,24-7-14-28(53-2)15-8-24)36(29)23-5-12-27(48)13-6-23/h3-16,18-19,30-32,35-36,44,48H,17,20H2,1-2H3/t30-,31+,32-,35-,36-,41+/m0/s1. The molecule has 0 aromatic heterocycles. The number of hydrogen-bond donors (Lipinski definition) is 2. The molecule has 2 heterocycles. The number of imide groups is 2. The van der Waals surface area contributed by atoms with E-state index in [1.54, 1.807) is 72.8 Å². The van der Waals surface area contributed by atoms with E-state index in [0.29, 0.717) is 38.8 Å². The summed E-state index contributed by atoms with van der Waals surface area (Å²) in [6.07, 6.45) is 2.30. The van der Waals surface area contributed by atoms with Crippen LogP contribution in [0.15, 0.2) is 103 Å². The Bertz CT molecular complexity index is 2240. The molecule has 12 heteroatoms. The highest BCUT2D eigenvalue weighted by molar-refractivity contribution is 6.36. The van der Waals surface area contributed by atoms with Gasteiger partial charge in [-0.3, -0.25) is 34.3 Å². The third-order valence-corrected chi connectivity index (χ3v) is 11.9. The van der Waals surface area contributed by atoms with Gasteiger partial charge in [0.25, 0.3) is 11.8 Å². The second-order valence-electron chi connectivity index (χ2n) is 13.9. The minimum Gasteiger partial charge on any atom is -0.508 e. The molecule has 0 bridgehead atoms. The monoisotopic (exact) mass is 749 g/mol. The van der Waals surface area contributed by atoms with Crippen molar-refractivity contribution in [3.05, 3.63) is 129 Å². The number of aromatic hydroxyl groups is 1. The van der Waals surface area contributed by atoms with Gasteiger partial charge >= 0.3 is 0 Å². The maximum atomic E-state index is 15.3. The molecular weight excluding hydrogens is 717 g/mol. The van der Waals surface area contributed by atoms with Crippen LogP contribution in [0, 0.1) is 23.7 Å². The van der Waals surface area contributed by atoms with Gasteiger partial charge in [0, 0.05) is 16.5 Å². The molecule has 53 heavy (non-hydrogen) atoms. The number of ether oxygens (including phenoxy) is 1. The van der Waals surface area contributed by atoms with E-state index >= 15 is 4.79 Å². The molecule has 0 spiro atoms. The Balaban J connectivity index is 1.30. The van der Waals surface area contributed by atoms with Crippen molar-refractivity contribution in [1.29, 1.82) is 0 Å². The summed E-state index contributed by atoms with van der Waals surface area (Å²) in [5.41, 5.74) is 4.56. The van der Waals surface area contributed by atoms with Crippen LogP contribution in [0.5, 0.6) is 11.5 Å². The van der Waals surface area contributed by atoms with Crippen LogP contribution in [0.25, 0.3) is 0 Å². The van der Waals surface area contributed by atoms with Crippen molar-refractivity contribution in [3.8, 4) is 11.5 Å². The van der Waals surface area contributed by atoms with Gasteiger partial charge in [-0.1, -0.05) is 59.1 Å². The number of anilines is 2. The number of hydrazine groups is 1. The van der Waals surface area contributed by atoms with E-state index in [1.165, 1.54) is 37.1 Å². The maximum absolute atomic E-state index is 15.3. The molecule has 4 aromatic carbocycles. The normalized spacial score (nSPS) is 26.2. The summed E-state index contributed by atoms with van der Waals surface area (Å²) in [6, 6.07) is 24.6. The number of allylic oxidation sites excluding steroid dienone is 2. The Hall–Kier alpha value is -5.45. The number of carbonyl (C=O) groups excluding carboxylic acids is 5. The Labute approximate surface area is 314 Å². The molecule has 4 amide bonds. The fourth-order valence-corrected chi connectivity index (χ4v) is 9.44. The second-order valence-corrected chi connectivity index (χ2v) is 14.8. The van der Waals surface area contributed by atoms with Crippen molar-refractivity contribution in [1.82, 2.24) is 5.01 Å². The van der Waals surface area contributed by atoms with Crippen LogP contribution in [-0.4, -0.2) is 46.6 Å². The largest absolute Gasteiger partial charge is 0.508 e. The number of phenolic OH excluding ortho intramolecular Hbond substituents is 1. The van der Waals surface area contributed by atoms with Crippen molar-refractivity contribution in [2.45, 2.75) is 31.1 Å². The summed E-state index contributed by atoms with van der Waals surface area (Å²) < 4.78 is 5.45. The van der Waals surface area contributed by atoms with E-state index in [2.05, 4.69) is 5.43 Å². The molecule has 4 aliphatic rings. The Morgan fingerprint density at radius 3 is 2.21 bits per heavy atom. The molecule has 2 aliphatic heterocycles. The molecule has 3 fully saturated rings. The van der Waals surface area contributed by atoms with Gasteiger partial charge in [0.1, 0.15) is 11.5 Å². The minimum absolute atomic E-state index is 0.0198. The van der Waals surface area contributed by atoms with Crippen LogP contribution in [0.2, 0.25) is 10.0 Å². The molecule has 4 aromatic rings. The van der Waals surface area contributed by atoms with Crippen LogP contribution >= 0.6 is 23.2 Å². The first-order valence-corrected chi connectivity index (χ1v) is 17.9. The SMILES string of the molecule is COc1ccc([C@@]23C(=O)N(Nc4ccc(Cl)cc4Cl)C(=O)[C@@H]2C[C@@H]2C(=CC[C@@H]4C(=O)N(c5ccc(C(C)=O)cc5)C(=O)[C@@H]42)[C@@H]3c2ccc(O)cc2)cc1. The predicted molar refractivity (Wildman–Crippen MR) is 198 cm³/mol. The van der Waals surface area contributed by atoms with Gasteiger partial charge < -0.3 is 9.84 Å². The number of hydrogen-bond acceptors (Lipinski definition) is 8. The number of benzene rings is 4. The molecule has 0 unspecified atom stereocenters. The van der Waals surface area contributed by atoms with Gasteiger partial charge in [-0.2, -0.15) is 5.01 Å². The van der Waals surface area contributed by atoms with Crippen molar-refractivity contribution >= 4 is 64.0 Å². The number of ketones is 1. The smallest absolute Gasteiger partial charge is 0.260 e. The Morgan fingerprint density at radius 1 is 0.868 bits per heavy atom. The van der Waals surface area contributed by atoms with Gasteiger partial charge in [-0.15, -0.1) is 0 Å². The van der Waals surface area contributed by atoms with E-state index < -0.39 is 52.7 Å². The Morgan fingerprint density at radius 2 is 1.57 bits per heavy atom. The van der Waals surface area contributed by atoms with Crippen molar-refractivity contribution < 1.29 is 33.8 Å². The number of fused-ring (bicyclic) bond motifs is 4. The summed E-state index contributed by atoms with van der Waals surface area (Å²) >= 11 is 12.7. The highest BCUT2D eigenvalue weighted by atomic mass is 35.5. The van der Waals surface area contributed by atoms with Crippen molar-refractivity contribution in [2.24, 2.45) is 23.7 Å². The molecule has 6 atom stereocenters. The number of rotatable bonds is 7. The zero-order valence-corrected chi connectivity index (χ0v) is 30.1. The molecule has 268 valence electrons. The zero-order valence-electron chi connectivity index (χ0n) is 28.6. The average Bonchev–Trinajstić information content (AvgIpc) is 3.53. The number of amides is 4. The summed E-state index contributed by atoms with van der Waals surface area (Å²) in [7, 11) is 1.54. The Kier molecular flexibility index (Phi) is 8.42. The quantitative estimate of drug-likeness (QED) is 0.116. The molecule has 8 rings (SSSR count). The van der Waals surface area contributed by atoms with Crippen LogP contribution in [0.1, 0.15) is 47.2 Å². The number of carbonyl (C=O) groups is 5. The minimum atomic E-state index is -1.52. The number of nitrogens with zero attached hydrogens (tertiary/aromatic N) is 2. The first-order chi connectivity index (χ1) is 25.4. The van der Waals surface area contributed by atoms with Gasteiger partial charge in [0.15, 0.2) is 5.78 Å². The average molecular weight is 751 g/mol. The lowest BCUT2D eigenvalue weighted by Crippen LogP contribution is -2.53. The highest BCUT2D eigenvalue weighted by Gasteiger charge is 2.70. The fourth-order valence-electron chi connectivity index (χ4n) is 8.98. The van der Waals surface area contributed by atoms with Crippen molar-refractivity contribution in [2.75, 3.05) is 17.4 Å². The maximum Gasteiger partial charge on any atom is 0.260 e. The first-order valence-electron chi connectivity index (χ1n) is 17.2. The molecule has 2 N–H and O–H groups in total. The van der Waals surface area contributed by atoms with Gasteiger partial charge in [0.05, 0.1) is 46.7 Å². The van der Waals surface area contributed by atoms with Gasteiger partial charge in [0.2, 0.25) is 11.8 Å². The zero-order chi connectivity index (χ0) is 37.3. The number of Topliss-reactive ketones (excluding diaryl/α,β-unsaturated/α-hetero) is 1. The van der Waals surface area contributed by atoms with E-state index in [0.717, 1.165) is 10.6 Å². The predicted octanol–water partition coefficient (Wildman–Crippen LogP) is 7.10. The van der Waals surface area contributed by atoms with Crippen LogP contribution < -0.4 is 15.1 Å². The van der Waals surface area contributed by atoms with Crippen LogP contribution in [0.4, 0.5) is 11.4 Å². The summed E-state index contributed by atoms with van der Waals surface area (Å²) in [4.78, 5) is 71.8. The third kappa shape index (κ3) is 5.26. The molecule has 0 radical (unpaired) electrons. The molecular formula is C41H33Cl2N3O7. The van der Waals surface area contributed by atoms with E-state index in [1.807, 2.05) is 6.08 Å². The summed E-state index contributed by atoms with van der Waals surface area (Å²) in [5.74, 6) is -5.21. The van der Waals surface area contributed by atoms with Crippen LogP contribution in [-0.2, 0) is 24.6 Å². The lowest BCUT2D eigenvalue weighted by atomic mass is 9.49. The summed E-state index contributed by atoms with van der Waals surface area (Å²) in [5, 5.41) is 11.9. The highest BCUT2D eigenvalue weighted by Crippen LogP contribution is 2.64. The molecule has 2 aliphatic carbocycles. The summed E-state index contributed by atoms with van der Waals surface area (Å²) in [6.45, 7) is 1.44. The topological polar surface area (TPSA) is 133 Å². The van der Waals surface area contributed by atoms with Gasteiger partial charge in [-0.25, -0.2) is 0 Å². The molecule has 1 saturated carbocycles. The fraction of sp³-hybridized carbons (Fsp3) is 0.244. The number of methoxy groups -OCH3 is 1.